The zero-order chi connectivity index (χ0) is 15.4. The van der Waals surface area contributed by atoms with Crippen molar-refractivity contribution >= 4 is 28.7 Å². The van der Waals surface area contributed by atoms with Gasteiger partial charge in [-0.1, -0.05) is 0 Å². The van der Waals surface area contributed by atoms with E-state index < -0.39 is 11.9 Å². The van der Waals surface area contributed by atoms with Crippen LogP contribution >= 0.6 is 0 Å². The Kier molecular flexibility index (Phi) is 4.42. The first-order valence-corrected chi connectivity index (χ1v) is 6.64. The van der Waals surface area contributed by atoms with E-state index in [0.29, 0.717) is 18.6 Å². The van der Waals surface area contributed by atoms with Gasteiger partial charge in [-0.3, -0.25) is 9.59 Å². The Labute approximate surface area is 121 Å². The largest absolute Gasteiger partial charge is 0.481 e. The summed E-state index contributed by atoms with van der Waals surface area (Å²) in [4.78, 5) is 27.6. The number of hydrogen-bond donors (Lipinski definition) is 2. The second-order valence-corrected chi connectivity index (χ2v) is 4.66. The van der Waals surface area contributed by atoms with Crippen molar-refractivity contribution in [2.45, 2.75) is 19.9 Å². The number of nitrogens with zero attached hydrogens (tertiary/aromatic N) is 3. The van der Waals surface area contributed by atoms with E-state index in [0.717, 1.165) is 11.2 Å². The molecule has 0 aliphatic heterocycles. The second kappa shape index (κ2) is 6.25. The number of carboxylic acid groups (broad SMARTS) is 2. The maximum atomic E-state index is 10.8. The first-order chi connectivity index (χ1) is 10.0. The van der Waals surface area contributed by atoms with Crippen LogP contribution in [0.5, 0.6) is 0 Å². The van der Waals surface area contributed by atoms with Gasteiger partial charge >= 0.3 is 11.9 Å². The lowest BCUT2D eigenvalue weighted by Crippen LogP contribution is -2.25. The third kappa shape index (κ3) is 3.50. The maximum Gasteiger partial charge on any atom is 0.323 e. The molecule has 0 saturated carbocycles. The monoisotopic (exact) mass is 291 g/mol. The van der Waals surface area contributed by atoms with E-state index in [1.165, 1.54) is 6.33 Å². The highest BCUT2D eigenvalue weighted by molar-refractivity contribution is 5.81. The number of carboxylic acids is 2. The first kappa shape index (κ1) is 14.8. The van der Waals surface area contributed by atoms with Crippen molar-refractivity contribution in [2.24, 2.45) is 0 Å². The Morgan fingerprint density at radius 3 is 2.67 bits per heavy atom. The number of hydrogen-bond acceptors (Lipinski definition) is 4. The standard InChI is InChI=1S/C14H17N3O4/c1-2-16(6-5-13(18)19)10-3-4-12-11(7-10)15-9-17(12)8-14(20)21/h3-4,7,9H,2,5-6,8H2,1H3,(H,18,19)(H,20,21). The molecule has 0 spiro atoms. The number of carbonyl (C=O) groups is 2. The predicted octanol–water partition coefficient (Wildman–Crippen LogP) is 1.42. The van der Waals surface area contributed by atoms with Gasteiger partial charge in [0.15, 0.2) is 0 Å². The Morgan fingerprint density at radius 2 is 2.05 bits per heavy atom. The fourth-order valence-corrected chi connectivity index (χ4v) is 2.22. The molecule has 0 saturated heterocycles. The molecule has 7 nitrogen and oxygen atoms in total. The summed E-state index contributed by atoms with van der Waals surface area (Å²) in [6.07, 6.45) is 1.56. The highest BCUT2D eigenvalue weighted by Gasteiger charge is 2.10. The molecular formula is C14H17N3O4. The average molecular weight is 291 g/mol. The molecule has 0 aliphatic carbocycles. The maximum absolute atomic E-state index is 10.8. The Hall–Kier alpha value is -2.57. The molecule has 0 unspecified atom stereocenters. The van der Waals surface area contributed by atoms with Crippen molar-refractivity contribution in [3.8, 4) is 0 Å². The molecule has 7 heteroatoms. The Morgan fingerprint density at radius 1 is 1.29 bits per heavy atom. The minimum Gasteiger partial charge on any atom is -0.481 e. The van der Waals surface area contributed by atoms with Crippen LogP contribution in [0.4, 0.5) is 5.69 Å². The average Bonchev–Trinajstić information content (AvgIpc) is 2.81. The van der Waals surface area contributed by atoms with Crippen molar-refractivity contribution in [3.05, 3.63) is 24.5 Å². The second-order valence-electron chi connectivity index (χ2n) is 4.66. The van der Waals surface area contributed by atoms with Crippen LogP contribution < -0.4 is 4.90 Å². The smallest absolute Gasteiger partial charge is 0.323 e. The van der Waals surface area contributed by atoms with Gasteiger partial charge in [0, 0.05) is 18.8 Å². The van der Waals surface area contributed by atoms with E-state index in [4.69, 9.17) is 10.2 Å². The van der Waals surface area contributed by atoms with Crippen molar-refractivity contribution in [1.29, 1.82) is 0 Å². The highest BCUT2D eigenvalue weighted by atomic mass is 16.4. The highest BCUT2D eigenvalue weighted by Crippen LogP contribution is 2.21. The first-order valence-electron chi connectivity index (χ1n) is 6.64. The van der Waals surface area contributed by atoms with Gasteiger partial charge in [-0.15, -0.1) is 0 Å². The minimum absolute atomic E-state index is 0.0688. The van der Waals surface area contributed by atoms with E-state index in [9.17, 15) is 9.59 Å². The molecule has 112 valence electrons. The summed E-state index contributed by atoms with van der Waals surface area (Å²) < 4.78 is 1.56. The fraction of sp³-hybridized carbons (Fsp3) is 0.357. The SMILES string of the molecule is CCN(CCC(=O)O)c1ccc2c(c1)ncn2CC(=O)O. The zero-order valence-corrected chi connectivity index (χ0v) is 11.7. The molecule has 2 rings (SSSR count). The van der Waals surface area contributed by atoms with E-state index >= 15 is 0 Å². The van der Waals surface area contributed by atoms with Crippen LogP contribution in [0.25, 0.3) is 11.0 Å². The van der Waals surface area contributed by atoms with Crippen molar-refractivity contribution in [3.63, 3.8) is 0 Å². The summed E-state index contributed by atoms with van der Waals surface area (Å²) in [5.41, 5.74) is 2.32. The molecule has 0 aliphatic rings. The summed E-state index contributed by atoms with van der Waals surface area (Å²) in [6, 6.07) is 5.51. The summed E-state index contributed by atoms with van der Waals surface area (Å²) in [7, 11) is 0. The number of aromatic nitrogens is 2. The zero-order valence-electron chi connectivity index (χ0n) is 11.7. The van der Waals surface area contributed by atoms with Crippen LogP contribution in [0.15, 0.2) is 24.5 Å². The van der Waals surface area contributed by atoms with Gasteiger partial charge in [0.25, 0.3) is 0 Å². The number of aliphatic carboxylic acids is 2. The molecule has 0 fully saturated rings. The number of fused-ring (bicyclic) bond motifs is 1. The molecule has 2 N–H and O–H groups in total. The molecule has 0 bridgehead atoms. The van der Waals surface area contributed by atoms with E-state index in [1.54, 1.807) is 4.57 Å². The number of rotatable bonds is 7. The van der Waals surface area contributed by atoms with E-state index in [-0.39, 0.29) is 13.0 Å². The van der Waals surface area contributed by atoms with Crippen molar-refractivity contribution in [1.82, 2.24) is 9.55 Å². The normalized spacial score (nSPS) is 10.7. The molecule has 21 heavy (non-hydrogen) atoms. The number of imidazole rings is 1. The van der Waals surface area contributed by atoms with Crippen molar-refractivity contribution in [2.75, 3.05) is 18.0 Å². The molecule has 0 amide bonds. The molecule has 0 radical (unpaired) electrons. The van der Waals surface area contributed by atoms with Gasteiger partial charge in [-0.25, -0.2) is 4.98 Å². The van der Waals surface area contributed by atoms with Crippen LogP contribution in [0.1, 0.15) is 13.3 Å². The summed E-state index contributed by atoms with van der Waals surface area (Å²) in [5, 5.41) is 17.6. The summed E-state index contributed by atoms with van der Waals surface area (Å²) in [5.74, 6) is -1.75. The summed E-state index contributed by atoms with van der Waals surface area (Å²) in [6.45, 7) is 2.93. The third-order valence-corrected chi connectivity index (χ3v) is 3.25. The lowest BCUT2D eigenvalue weighted by atomic mass is 10.2. The fourth-order valence-electron chi connectivity index (χ4n) is 2.22. The lowest BCUT2D eigenvalue weighted by Gasteiger charge is -2.22. The van der Waals surface area contributed by atoms with E-state index in [2.05, 4.69) is 4.98 Å². The molecule has 1 aromatic heterocycles. The van der Waals surface area contributed by atoms with Gasteiger partial charge in [-0.2, -0.15) is 0 Å². The number of anilines is 1. The molecular weight excluding hydrogens is 274 g/mol. The quantitative estimate of drug-likeness (QED) is 0.801. The molecule has 2 aromatic rings. The van der Waals surface area contributed by atoms with E-state index in [1.807, 2.05) is 30.0 Å². The van der Waals surface area contributed by atoms with Crippen LogP contribution in [-0.2, 0) is 16.1 Å². The Balaban J connectivity index is 2.25. The van der Waals surface area contributed by atoms with Crippen LogP contribution in [0.3, 0.4) is 0 Å². The van der Waals surface area contributed by atoms with Crippen molar-refractivity contribution < 1.29 is 19.8 Å². The molecule has 1 aromatic carbocycles. The molecule has 1 heterocycles. The third-order valence-electron chi connectivity index (χ3n) is 3.25. The van der Waals surface area contributed by atoms with Gasteiger partial charge < -0.3 is 19.7 Å². The van der Waals surface area contributed by atoms with Crippen LogP contribution in [0.2, 0.25) is 0 Å². The molecule has 0 atom stereocenters. The summed E-state index contributed by atoms with van der Waals surface area (Å²) >= 11 is 0. The van der Waals surface area contributed by atoms with Crippen LogP contribution in [-0.4, -0.2) is 44.8 Å². The number of benzene rings is 1. The minimum atomic E-state index is -0.921. The predicted molar refractivity (Wildman–Crippen MR) is 77.5 cm³/mol. The van der Waals surface area contributed by atoms with Gasteiger partial charge in [0.1, 0.15) is 6.54 Å². The topological polar surface area (TPSA) is 95.7 Å². The van der Waals surface area contributed by atoms with Gasteiger partial charge in [0.2, 0.25) is 0 Å². The van der Waals surface area contributed by atoms with Crippen LogP contribution in [0, 0.1) is 0 Å². The Bertz CT molecular complexity index is 665. The van der Waals surface area contributed by atoms with Gasteiger partial charge in [-0.05, 0) is 25.1 Å². The van der Waals surface area contributed by atoms with Gasteiger partial charge in [0.05, 0.1) is 23.8 Å². The lowest BCUT2D eigenvalue weighted by molar-refractivity contribution is -0.138.